The monoisotopic (exact) mass is 409 g/mol. The molecule has 1 saturated heterocycles. The van der Waals surface area contributed by atoms with Crippen molar-refractivity contribution >= 4 is 12.1 Å². The van der Waals surface area contributed by atoms with Crippen LogP contribution < -0.4 is 9.47 Å². The van der Waals surface area contributed by atoms with Crippen molar-refractivity contribution in [2.24, 2.45) is 5.92 Å². The molecule has 1 unspecified atom stereocenters. The minimum Gasteiger partial charge on any atom is -0.497 e. The Morgan fingerprint density at radius 2 is 1.86 bits per heavy atom. The van der Waals surface area contributed by atoms with E-state index in [2.05, 4.69) is 0 Å². The smallest absolute Gasteiger partial charge is 0.413 e. The summed E-state index contributed by atoms with van der Waals surface area (Å²) in [4.78, 5) is 26.4. The molecule has 0 bridgehead atoms. The zero-order valence-electron chi connectivity index (χ0n) is 18.1. The highest BCUT2D eigenvalue weighted by Gasteiger charge is 2.51. The molecule has 1 aliphatic heterocycles. The second-order valence-corrected chi connectivity index (χ2v) is 8.44. The van der Waals surface area contributed by atoms with E-state index in [0.29, 0.717) is 23.5 Å². The van der Waals surface area contributed by atoms with E-state index in [1.54, 1.807) is 39.0 Å². The first kappa shape index (κ1) is 22.8. The van der Waals surface area contributed by atoms with Crippen LogP contribution >= 0.6 is 0 Å². The van der Waals surface area contributed by atoms with Crippen molar-refractivity contribution in [3.8, 4) is 11.5 Å². The molecule has 0 aromatic heterocycles. The molecule has 0 spiro atoms. The Labute approximate surface area is 171 Å². The highest BCUT2D eigenvalue weighted by Crippen LogP contribution is 2.42. The Bertz CT molecular complexity index is 741. The molecule has 1 N–H and O–H groups in total. The predicted molar refractivity (Wildman–Crippen MR) is 106 cm³/mol. The third-order valence-corrected chi connectivity index (χ3v) is 4.50. The van der Waals surface area contributed by atoms with Crippen LogP contribution in [0.1, 0.15) is 52.8 Å². The maximum absolute atomic E-state index is 13.1. The van der Waals surface area contributed by atoms with Gasteiger partial charge in [-0.2, -0.15) is 0 Å². The van der Waals surface area contributed by atoms with E-state index in [9.17, 15) is 14.7 Å². The van der Waals surface area contributed by atoms with Crippen LogP contribution in [0.15, 0.2) is 18.2 Å². The predicted octanol–water partition coefficient (Wildman–Crippen LogP) is 3.84. The Kier molecular flexibility index (Phi) is 7.00. The first-order valence-electron chi connectivity index (χ1n) is 9.60. The number of hydrogen-bond acceptors (Lipinski definition) is 6. The Balaban J connectivity index is 2.55. The molecule has 1 aromatic rings. The third kappa shape index (κ3) is 5.32. The molecule has 8 heteroatoms. The van der Waals surface area contributed by atoms with Crippen molar-refractivity contribution in [1.82, 2.24) is 4.90 Å². The molecule has 1 aromatic carbocycles. The Morgan fingerprint density at radius 3 is 2.34 bits per heavy atom. The number of amides is 1. The van der Waals surface area contributed by atoms with Crippen molar-refractivity contribution in [3.63, 3.8) is 0 Å². The first-order valence-corrected chi connectivity index (χ1v) is 9.60. The Morgan fingerprint density at radius 1 is 1.21 bits per heavy atom. The molecule has 0 saturated carbocycles. The molecular formula is C21H31NO7. The second kappa shape index (κ2) is 8.90. The molecule has 8 nitrogen and oxygen atoms in total. The zero-order chi connectivity index (χ0) is 21.9. The zero-order valence-corrected chi connectivity index (χ0v) is 18.1. The number of hydrogen-bond donors (Lipinski definition) is 1. The lowest BCUT2D eigenvalue weighted by atomic mass is 9.98. The number of carbonyl (C=O) groups excluding carboxylic acids is 1. The van der Waals surface area contributed by atoms with Gasteiger partial charge in [0.05, 0.1) is 20.3 Å². The number of aliphatic carboxylic acids is 1. The van der Waals surface area contributed by atoms with Gasteiger partial charge in [0.1, 0.15) is 17.1 Å². The van der Waals surface area contributed by atoms with E-state index in [0.717, 1.165) is 0 Å². The number of carboxylic acids is 1. The highest BCUT2D eigenvalue weighted by atomic mass is 16.6. The van der Waals surface area contributed by atoms with E-state index >= 15 is 0 Å². The average molecular weight is 409 g/mol. The van der Waals surface area contributed by atoms with Gasteiger partial charge in [-0.3, -0.25) is 4.90 Å². The van der Waals surface area contributed by atoms with Gasteiger partial charge in [-0.25, -0.2) is 9.59 Å². The largest absolute Gasteiger partial charge is 0.497 e. The quantitative estimate of drug-likeness (QED) is 0.763. The summed E-state index contributed by atoms with van der Waals surface area (Å²) in [6.45, 7) is 9.21. The number of methoxy groups -OCH3 is 2. The van der Waals surface area contributed by atoms with E-state index in [-0.39, 0.29) is 5.92 Å². The number of ether oxygens (including phenoxy) is 4. The minimum atomic E-state index is -1.18. The van der Waals surface area contributed by atoms with E-state index in [4.69, 9.17) is 18.9 Å². The molecule has 1 heterocycles. The van der Waals surface area contributed by atoms with Crippen LogP contribution in [0.25, 0.3) is 0 Å². The molecule has 1 amide bonds. The lowest BCUT2D eigenvalue weighted by molar-refractivity contribution is -0.150. The first-order chi connectivity index (χ1) is 13.5. The number of nitrogens with zero attached hydrogens (tertiary/aromatic N) is 1. The number of rotatable bonds is 6. The van der Waals surface area contributed by atoms with Crippen molar-refractivity contribution in [2.45, 2.75) is 65.0 Å². The van der Waals surface area contributed by atoms with E-state index < -0.39 is 36.0 Å². The van der Waals surface area contributed by atoms with Gasteiger partial charge >= 0.3 is 12.1 Å². The van der Waals surface area contributed by atoms with Gasteiger partial charge in [-0.1, -0.05) is 13.8 Å². The average Bonchev–Trinajstić information content (AvgIpc) is 2.98. The molecule has 0 radical (unpaired) electrons. The normalized spacial score (nSPS) is 21.9. The van der Waals surface area contributed by atoms with Gasteiger partial charge in [0.15, 0.2) is 12.3 Å². The number of benzene rings is 1. The molecule has 1 fully saturated rings. The second-order valence-electron chi connectivity index (χ2n) is 8.44. The molecule has 0 aliphatic carbocycles. The summed E-state index contributed by atoms with van der Waals surface area (Å²) < 4.78 is 22.2. The van der Waals surface area contributed by atoms with Crippen LogP contribution in [-0.2, 0) is 14.3 Å². The standard InChI is InChI=1S/C21H31NO7/c1-12(2)10-15-17(19(23)24)28-18(22(15)20(25)29-21(3,4)5)14-9-8-13(26-6)11-16(14)27-7/h8-9,11-12,15,17-18H,10H2,1-7H3,(H,23,24)/t15-,17+,18?/m0/s1. The highest BCUT2D eigenvalue weighted by molar-refractivity contribution is 5.77. The summed E-state index contributed by atoms with van der Waals surface area (Å²) in [6.07, 6.45) is -2.32. The fourth-order valence-corrected chi connectivity index (χ4v) is 3.35. The van der Waals surface area contributed by atoms with Crippen LogP contribution in [0.4, 0.5) is 4.79 Å². The number of carbonyl (C=O) groups is 2. The molecule has 29 heavy (non-hydrogen) atoms. The van der Waals surface area contributed by atoms with Crippen LogP contribution in [0, 0.1) is 5.92 Å². The summed E-state index contributed by atoms with van der Waals surface area (Å²) in [6, 6.07) is 4.40. The van der Waals surface area contributed by atoms with Crippen LogP contribution in [0.2, 0.25) is 0 Å². The summed E-state index contributed by atoms with van der Waals surface area (Å²) in [5.74, 6) is 0.0178. The third-order valence-electron chi connectivity index (χ3n) is 4.50. The van der Waals surface area contributed by atoms with Crippen molar-refractivity contribution in [3.05, 3.63) is 23.8 Å². The molecule has 3 atom stereocenters. The van der Waals surface area contributed by atoms with Crippen molar-refractivity contribution in [1.29, 1.82) is 0 Å². The lowest BCUT2D eigenvalue weighted by Crippen LogP contribution is -2.45. The van der Waals surface area contributed by atoms with E-state index in [1.807, 2.05) is 13.8 Å². The maximum Gasteiger partial charge on any atom is 0.413 e. The summed E-state index contributed by atoms with van der Waals surface area (Å²) in [5, 5.41) is 9.75. The van der Waals surface area contributed by atoms with Gasteiger partial charge in [0.2, 0.25) is 0 Å². The lowest BCUT2D eigenvalue weighted by Gasteiger charge is -2.32. The number of carboxylic acid groups (broad SMARTS) is 1. The van der Waals surface area contributed by atoms with Gasteiger partial charge in [-0.05, 0) is 45.2 Å². The summed E-state index contributed by atoms with van der Waals surface area (Å²) in [7, 11) is 3.03. The topological polar surface area (TPSA) is 94.5 Å². The molecule has 1 aliphatic rings. The van der Waals surface area contributed by atoms with Crippen molar-refractivity contribution in [2.75, 3.05) is 14.2 Å². The van der Waals surface area contributed by atoms with Crippen LogP contribution in [0.3, 0.4) is 0 Å². The molecule has 162 valence electrons. The van der Waals surface area contributed by atoms with Gasteiger partial charge in [0, 0.05) is 11.6 Å². The van der Waals surface area contributed by atoms with Gasteiger partial charge < -0.3 is 24.1 Å². The summed E-state index contributed by atoms with van der Waals surface area (Å²) in [5.41, 5.74) is -0.216. The van der Waals surface area contributed by atoms with E-state index in [1.165, 1.54) is 19.1 Å². The fourth-order valence-electron chi connectivity index (χ4n) is 3.35. The van der Waals surface area contributed by atoms with Gasteiger partial charge in [0.25, 0.3) is 0 Å². The minimum absolute atomic E-state index is 0.145. The summed E-state index contributed by atoms with van der Waals surface area (Å²) >= 11 is 0. The maximum atomic E-state index is 13.1. The molecule has 2 rings (SSSR count). The SMILES string of the molecule is COc1ccc(C2O[C@@H](C(=O)O)[C@H](CC(C)C)N2C(=O)OC(C)(C)C)c(OC)c1. The van der Waals surface area contributed by atoms with Gasteiger partial charge in [-0.15, -0.1) is 0 Å². The van der Waals surface area contributed by atoms with Crippen LogP contribution in [-0.4, -0.2) is 54.0 Å². The molecular weight excluding hydrogens is 378 g/mol. The van der Waals surface area contributed by atoms with Crippen molar-refractivity contribution < 1.29 is 33.6 Å². The Hall–Kier alpha value is -2.48. The van der Waals surface area contributed by atoms with Crippen LogP contribution in [0.5, 0.6) is 11.5 Å². The fraction of sp³-hybridized carbons (Fsp3) is 0.619.